The van der Waals surface area contributed by atoms with Crippen molar-refractivity contribution in [3.8, 4) is 0 Å². The predicted molar refractivity (Wildman–Crippen MR) is 71.7 cm³/mol. The van der Waals surface area contributed by atoms with Crippen molar-refractivity contribution in [3.05, 3.63) is 0 Å². The first-order valence-corrected chi connectivity index (χ1v) is 7.29. The molecule has 2 heterocycles. The number of hydrogen-bond donors (Lipinski definition) is 3. The maximum absolute atomic E-state index is 12.2. The molecule has 19 heavy (non-hydrogen) atoms. The largest absolute Gasteiger partial charge is 0.481 e. The van der Waals surface area contributed by atoms with E-state index in [2.05, 4.69) is 10.6 Å². The molecule has 2 aliphatic heterocycles. The number of amides is 1. The van der Waals surface area contributed by atoms with Gasteiger partial charge in [0.15, 0.2) is 0 Å². The molecule has 5 nitrogen and oxygen atoms in total. The molecule has 5 heteroatoms. The molecule has 1 amide bonds. The van der Waals surface area contributed by atoms with Crippen LogP contribution in [0, 0.1) is 11.3 Å². The van der Waals surface area contributed by atoms with Gasteiger partial charge in [-0.25, -0.2) is 0 Å². The standard InChI is InChI=1S/C14H24N2O3/c1-3-14(4-2,13(18)19)8-15-12(17)10-7-9-5-6-11(10)16-9/h9-11,16H,3-8H2,1-2H3,(H,15,17)(H,18,19). The Bertz CT molecular complexity index is 366. The zero-order valence-electron chi connectivity index (χ0n) is 11.7. The Kier molecular flexibility index (Phi) is 4.13. The smallest absolute Gasteiger partial charge is 0.311 e. The Morgan fingerprint density at radius 1 is 1.32 bits per heavy atom. The first-order valence-electron chi connectivity index (χ1n) is 7.29. The molecule has 0 aliphatic carbocycles. The minimum absolute atomic E-state index is 0.0206. The highest BCUT2D eigenvalue weighted by molar-refractivity contribution is 5.81. The minimum atomic E-state index is -0.819. The average Bonchev–Trinajstić information content (AvgIpc) is 3.02. The van der Waals surface area contributed by atoms with Gasteiger partial charge in [-0.15, -0.1) is 0 Å². The van der Waals surface area contributed by atoms with Gasteiger partial charge in [-0.2, -0.15) is 0 Å². The van der Waals surface area contributed by atoms with Gasteiger partial charge in [0.05, 0.1) is 11.3 Å². The van der Waals surface area contributed by atoms with Crippen molar-refractivity contribution < 1.29 is 14.7 Å². The van der Waals surface area contributed by atoms with E-state index >= 15 is 0 Å². The van der Waals surface area contributed by atoms with Gasteiger partial charge in [-0.05, 0) is 32.1 Å². The third-order valence-corrected chi connectivity index (χ3v) is 5.05. The summed E-state index contributed by atoms with van der Waals surface area (Å²) < 4.78 is 0. The molecule has 2 fully saturated rings. The molecule has 2 saturated heterocycles. The maximum Gasteiger partial charge on any atom is 0.311 e. The van der Waals surface area contributed by atoms with Crippen molar-refractivity contribution in [2.45, 2.75) is 58.0 Å². The highest BCUT2D eigenvalue weighted by Crippen LogP contribution is 2.33. The molecule has 0 spiro atoms. The molecule has 2 bridgehead atoms. The second-order valence-electron chi connectivity index (χ2n) is 5.90. The lowest BCUT2D eigenvalue weighted by molar-refractivity contribution is -0.149. The number of fused-ring (bicyclic) bond motifs is 2. The van der Waals surface area contributed by atoms with Crippen molar-refractivity contribution in [2.75, 3.05) is 6.54 Å². The summed E-state index contributed by atoms with van der Waals surface area (Å²) in [6, 6.07) is 0.787. The molecule has 0 radical (unpaired) electrons. The van der Waals surface area contributed by atoms with Crippen LogP contribution in [0.2, 0.25) is 0 Å². The minimum Gasteiger partial charge on any atom is -0.481 e. The first kappa shape index (κ1) is 14.3. The van der Waals surface area contributed by atoms with Crippen LogP contribution in [0.5, 0.6) is 0 Å². The molecule has 3 N–H and O–H groups in total. The van der Waals surface area contributed by atoms with Gasteiger partial charge in [0.25, 0.3) is 0 Å². The van der Waals surface area contributed by atoms with E-state index in [1.807, 2.05) is 13.8 Å². The molecule has 0 saturated carbocycles. The van der Waals surface area contributed by atoms with Crippen molar-refractivity contribution in [2.24, 2.45) is 11.3 Å². The number of nitrogens with one attached hydrogen (secondary N) is 2. The summed E-state index contributed by atoms with van der Waals surface area (Å²) in [5, 5.41) is 15.6. The summed E-state index contributed by atoms with van der Waals surface area (Å²) in [4.78, 5) is 23.6. The quantitative estimate of drug-likeness (QED) is 0.675. The molecule has 2 rings (SSSR count). The number of carboxylic acids is 1. The number of rotatable bonds is 6. The van der Waals surface area contributed by atoms with E-state index in [9.17, 15) is 14.7 Å². The number of aliphatic carboxylic acids is 1. The lowest BCUT2D eigenvalue weighted by atomic mass is 9.82. The third-order valence-electron chi connectivity index (χ3n) is 5.05. The number of hydrogen-bond acceptors (Lipinski definition) is 3. The third kappa shape index (κ3) is 2.61. The van der Waals surface area contributed by atoms with Crippen LogP contribution in [0.15, 0.2) is 0 Å². The first-order chi connectivity index (χ1) is 9.02. The SMILES string of the molecule is CCC(CC)(CNC(=O)C1CC2CCC1N2)C(=O)O. The molecule has 3 atom stereocenters. The zero-order valence-corrected chi connectivity index (χ0v) is 11.7. The van der Waals surface area contributed by atoms with E-state index < -0.39 is 11.4 Å². The Morgan fingerprint density at radius 2 is 2.00 bits per heavy atom. The predicted octanol–water partition coefficient (Wildman–Crippen LogP) is 1.13. The van der Waals surface area contributed by atoms with Gasteiger partial charge in [-0.1, -0.05) is 13.8 Å². The van der Waals surface area contributed by atoms with E-state index in [0.29, 0.717) is 24.9 Å². The zero-order chi connectivity index (χ0) is 14.0. The van der Waals surface area contributed by atoms with Gasteiger partial charge in [0, 0.05) is 18.6 Å². The highest BCUT2D eigenvalue weighted by Gasteiger charge is 2.43. The summed E-state index contributed by atoms with van der Waals surface area (Å²) >= 11 is 0. The fourth-order valence-electron chi connectivity index (χ4n) is 3.38. The molecule has 2 aliphatic rings. The van der Waals surface area contributed by atoms with Gasteiger partial charge >= 0.3 is 5.97 Å². The van der Waals surface area contributed by atoms with Crippen LogP contribution in [-0.4, -0.2) is 35.6 Å². The summed E-state index contributed by atoms with van der Waals surface area (Å²) in [6.07, 6.45) is 4.20. The van der Waals surface area contributed by atoms with E-state index in [1.165, 1.54) is 0 Å². The van der Waals surface area contributed by atoms with E-state index in [1.54, 1.807) is 0 Å². The summed E-state index contributed by atoms with van der Waals surface area (Å²) in [7, 11) is 0. The van der Waals surface area contributed by atoms with E-state index in [-0.39, 0.29) is 18.4 Å². The van der Waals surface area contributed by atoms with Gasteiger partial charge in [0.2, 0.25) is 5.91 Å². The highest BCUT2D eigenvalue weighted by atomic mass is 16.4. The molecule has 0 aromatic rings. The molecular formula is C14H24N2O3. The van der Waals surface area contributed by atoms with Crippen LogP contribution >= 0.6 is 0 Å². The lowest BCUT2D eigenvalue weighted by Crippen LogP contribution is -2.46. The average molecular weight is 268 g/mol. The van der Waals surface area contributed by atoms with Crippen molar-refractivity contribution in [3.63, 3.8) is 0 Å². The monoisotopic (exact) mass is 268 g/mol. The Morgan fingerprint density at radius 3 is 2.42 bits per heavy atom. The Hall–Kier alpha value is -1.10. The van der Waals surface area contributed by atoms with Crippen LogP contribution < -0.4 is 10.6 Å². The summed E-state index contributed by atoms with van der Waals surface area (Å²) in [5.74, 6) is -0.768. The topological polar surface area (TPSA) is 78.4 Å². The van der Waals surface area contributed by atoms with Crippen LogP contribution in [0.1, 0.15) is 46.0 Å². The van der Waals surface area contributed by atoms with Crippen LogP contribution in [0.25, 0.3) is 0 Å². The Labute approximate surface area is 114 Å². The van der Waals surface area contributed by atoms with Gasteiger partial charge in [0.1, 0.15) is 0 Å². The number of carboxylic acid groups (broad SMARTS) is 1. The second kappa shape index (κ2) is 5.49. The fraction of sp³-hybridized carbons (Fsp3) is 0.857. The number of carbonyl (C=O) groups excluding carboxylic acids is 1. The molecule has 108 valence electrons. The van der Waals surface area contributed by atoms with Crippen LogP contribution in [0.4, 0.5) is 0 Å². The summed E-state index contributed by atoms with van der Waals surface area (Å²) in [6.45, 7) is 3.97. The van der Waals surface area contributed by atoms with Crippen molar-refractivity contribution in [1.82, 2.24) is 10.6 Å². The number of carbonyl (C=O) groups is 2. The fourth-order valence-corrected chi connectivity index (χ4v) is 3.38. The molecule has 3 unspecified atom stereocenters. The van der Waals surface area contributed by atoms with Crippen molar-refractivity contribution in [1.29, 1.82) is 0 Å². The second-order valence-corrected chi connectivity index (χ2v) is 5.90. The van der Waals surface area contributed by atoms with Gasteiger partial charge < -0.3 is 15.7 Å². The van der Waals surface area contributed by atoms with Gasteiger partial charge in [-0.3, -0.25) is 9.59 Å². The van der Waals surface area contributed by atoms with E-state index in [0.717, 1.165) is 19.3 Å². The van der Waals surface area contributed by atoms with Crippen molar-refractivity contribution >= 4 is 11.9 Å². The van der Waals surface area contributed by atoms with E-state index in [4.69, 9.17) is 0 Å². The van der Waals surface area contributed by atoms with Crippen LogP contribution in [-0.2, 0) is 9.59 Å². The Balaban J connectivity index is 1.91. The van der Waals surface area contributed by atoms with Crippen LogP contribution in [0.3, 0.4) is 0 Å². The normalized spacial score (nSPS) is 29.5. The lowest BCUT2D eigenvalue weighted by Gasteiger charge is -2.28. The molecule has 0 aromatic heterocycles. The molecule has 0 aromatic carbocycles. The maximum atomic E-state index is 12.2. The summed E-state index contributed by atoms with van der Waals surface area (Å²) in [5.41, 5.74) is -0.819. The molecular weight excluding hydrogens is 244 g/mol.